The SMILES string of the molecule is O=S(=O)(c1cc(CCl)cc(F)c1F)N1CCCCC1. The first-order valence-corrected chi connectivity index (χ1v) is 7.98. The van der Waals surface area contributed by atoms with Crippen molar-refractivity contribution in [3.8, 4) is 0 Å². The number of hydrogen-bond acceptors (Lipinski definition) is 2. The molecule has 1 heterocycles. The Morgan fingerprint density at radius 3 is 2.37 bits per heavy atom. The van der Waals surface area contributed by atoms with Crippen LogP contribution in [-0.2, 0) is 15.9 Å². The Hall–Kier alpha value is -0.720. The monoisotopic (exact) mass is 309 g/mol. The zero-order valence-electron chi connectivity index (χ0n) is 10.2. The smallest absolute Gasteiger partial charge is 0.207 e. The lowest BCUT2D eigenvalue weighted by atomic mass is 10.2. The van der Waals surface area contributed by atoms with Crippen LogP contribution in [-0.4, -0.2) is 25.8 Å². The third-order valence-electron chi connectivity index (χ3n) is 3.14. The molecule has 1 aromatic rings. The van der Waals surface area contributed by atoms with Crippen LogP contribution in [0, 0.1) is 11.6 Å². The molecule has 1 saturated heterocycles. The van der Waals surface area contributed by atoms with Crippen molar-refractivity contribution in [2.75, 3.05) is 13.1 Å². The van der Waals surface area contributed by atoms with Gasteiger partial charge in [0.15, 0.2) is 11.6 Å². The predicted molar refractivity (Wildman–Crippen MR) is 68.5 cm³/mol. The lowest BCUT2D eigenvalue weighted by molar-refractivity contribution is 0.344. The van der Waals surface area contributed by atoms with Crippen molar-refractivity contribution in [3.05, 3.63) is 29.3 Å². The number of sulfonamides is 1. The molecule has 0 radical (unpaired) electrons. The summed E-state index contributed by atoms with van der Waals surface area (Å²) in [5.41, 5.74) is 0.246. The summed E-state index contributed by atoms with van der Waals surface area (Å²) in [5, 5.41) is 0. The van der Waals surface area contributed by atoms with Gasteiger partial charge in [-0.3, -0.25) is 0 Å². The average Bonchev–Trinajstić information content (AvgIpc) is 2.42. The second kappa shape index (κ2) is 5.73. The molecule has 0 aromatic heterocycles. The third kappa shape index (κ3) is 2.90. The van der Waals surface area contributed by atoms with E-state index in [2.05, 4.69) is 0 Å². The van der Waals surface area contributed by atoms with Crippen LogP contribution in [0.4, 0.5) is 8.78 Å². The van der Waals surface area contributed by atoms with Gasteiger partial charge in [-0.25, -0.2) is 17.2 Å². The van der Waals surface area contributed by atoms with E-state index in [0.29, 0.717) is 13.1 Å². The summed E-state index contributed by atoms with van der Waals surface area (Å²) in [7, 11) is -3.99. The van der Waals surface area contributed by atoms with E-state index < -0.39 is 26.6 Å². The molecule has 0 atom stereocenters. The number of hydrogen-bond donors (Lipinski definition) is 0. The van der Waals surface area contributed by atoms with Crippen LogP contribution in [0.25, 0.3) is 0 Å². The molecule has 1 fully saturated rings. The van der Waals surface area contributed by atoms with Crippen molar-refractivity contribution in [3.63, 3.8) is 0 Å². The van der Waals surface area contributed by atoms with Crippen LogP contribution < -0.4 is 0 Å². The molecule has 19 heavy (non-hydrogen) atoms. The Morgan fingerprint density at radius 2 is 1.79 bits per heavy atom. The Labute approximate surface area is 116 Å². The fraction of sp³-hybridized carbons (Fsp3) is 0.500. The topological polar surface area (TPSA) is 37.4 Å². The van der Waals surface area contributed by atoms with E-state index >= 15 is 0 Å². The predicted octanol–water partition coefficient (Wildman–Crippen LogP) is 2.88. The molecule has 0 aliphatic carbocycles. The number of piperidine rings is 1. The Morgan fingerprint density at radius 1 is 1.16 bits per heavy atom. The largest absolute Gasteiger partial charge is 0.246 e. The number of benzene rings is 1. The highest BCUT2D eigenvalue weighted by Gasteiger charge is 2.30. The summed E-state index contributed by atoms with van der Waals surface area (Å²) < 4.78 is 53.0. The van der Waals surface area contributed by atoms with E-state index in [4.69, 9.17) is 11.6 Å². The van der Waals surface area contributed by atoms with Gasteiger partial charge in [-0.05, 0) is 30.5 Å². The fourth-order valence-electron chi connectivity index (χ4n) is 2.13. The first-order valence-electron chi connectivity index (χ1n) is 6.01. The second-order valence-corrected chi connectivity index (χ2v) is 6.66. The van der Waals surface area contributed by atoms with Gasteiger partial charge in [-0.15, -0.1) is 11.6 Å². The molecule has 106 valence electrons. The van der Waals surface area contributed by atoms with Crippen molar-refractivity contribution in [1.82, 2.24) is 4.31 Å². The molecule has 0 amide bonds. The Bertz CT molecular complexity index is 571. The van der Waals surface area contributed by atoms with Gasteiger partial charge in [-0.1, -0.05) is 6.42 Å². The van der Waals surface area contributed by atoms with Gasteiger partial charge in [0.2, 0.25) is 10.0 Å². The third-order valence-corrected chi connectivity index (χ3v) is 5.35. The number of alkyl halides is 1. The number of halogens is 3. The number of rotatable bonds is 3. The summed E-state index contributed by atoms with van der Waals surface area (Å²) in [6.45, 7) is 0.684. The van der Waals surface area contributed by atoms with Gasteiger partial charge in [0.25, 0.3) is 0 Å². The minimum Gasteiger partial charge on any atom is -0.207 e. The van der Waals surface area contributed by atoms with Crippen LogP contribution in [0.5, 0.6) is 0 Å². The highest BCUT2D eigenvalue weighted by atomic mass is 35.5. The maximum atomic E-state index is 13.7. The van der Waals surface area contributed by atoms with E-state index in [1.807, 2.05) is 0 Å². The molecule has 1 aliphatic heterocycles. The molecule has 0 saturated carbocycles. The van der Waals surface area contributed by atoms with E-state index in [0.717, 1.165) is 31.4 Å². The molecule has 2 rings (SSSR count). The van der Waals surface area contributed by atoms with E-state index in [1.165, 1.54) is 4.31 Å². The van der Waals surface area contributed by atoms with Crippen LogP contribution in [0.15, 0.2) is 17.0 Å². The van der Waals surface area contributed by atoms with Gasteiger partial charge < -0.3 is 0 Å². The molecule has 1 aliphatic rings. The van der Waals surface area contributed by atoms with Crippen LogP contribution in [0.2, 0.25) is 0 Å². The van der Waals surface area contributed by atoms with Crippen LogP contribution >= 0.6 is 11.6 Å². The van der Waals surface area contributed by atoms with Gasteiger partial charge in [0.05, 0.1) is 0 Å². The Kier molecular flexibility index (Phi) is 4.43. The first kappa shape index (κ1) is 14.7. The molecular formula is C12H14ClF2NO2S. The lowest BCUT2D eigenvalue weighted by Gasteiger charge is -2.26. The maximum absolute atomic E-state index is 13.7. The van der Waals surface area contributed by atoms with Crippen LogP contribution in [0.1, 0.15) is 24.8 Å². The van der Waals surface area contributed by atoms with E-state index in [9.17, 15) is 17.2 Å². The second-order valence-electron chi connectivity index (χ2n) is 4.49. The first-order chi connectivity index (χ1) is 8.96. The minimum atomic E-state index is -3.99. The minimum absolute atomic E-state index is 0.0697. The molecule has 0 bridgehead atoms. The van der Waals surface area contributed by atoms with Crippen molar-refractivity contribution in [2.24, 2.45) is 0 Å². The van der Waals surface area contributed by atoms with E-state index in [-0.39, 0.29) is 11.4 Å². The quantitative estimate of drug-likeness (QED) is 0.805. The Balaban J connectivity index is 2.47. The van der Waals surface area contributed by atoms with E-state index in [1.54, 1.807) is 0 Å². The zero-order valence-corrected chi connectivity index (χ0v) is 11.8. The van der Waals surface area contributed by atoms with Gasteiger partial charge in [0, 0.05) is 19.0 Å². The molecule has 0 spiro atoms. The van der Waals surface area contributed by atoms with Crippen molar-refractivity contribution in [1.29, 1.82) is 0 Å². The van der Waals surface area contributed by atoms with Crippen molar-refractivity contribution < 1.29 is 17.2 Å². The summed E-state index contributed by atoms with van der Waals surface area (Å²) in [5.74, 6) is -2.59. The highest BCUT2D eigenvalue weighted by Crippen LogP contribution is 2.26. The summed E-state index contributed by atoms with van der Waals surface area (Å²) in [6.07, 6.45) is 2.42. The number of nitrogens with zero attached hydrogens (tertiary/aromatic N) is 1. The zero-order chi connectivity index (χ0) is 14.0. The normalized spacial score (nSPS) is 17.6. The highest BCUT2D eigenvalue weighted by molar-refractivity contribution is 7.89. The molecule has 0 N–H and O–H groups in total. The summed E-state index contributed by atoms with van der Waals surface area (Å²) >= 11 is 5.56. The molecule has 7 heteroatoms. The maximum Gasteiger partial charge on any atom is 0.246 e. The lowest BCUT2D eigenvalue weighted by Crippen LogP contribution is -2.36. The van der Waals surface area contributed by atoms with Gasteiger partial charge >= 0.3 is 0 Å². The van der Waals surface area contributed by atoms with Crippen LogP contribution in [0.3, 0.4) is 0 Å². The molecule has 3 nitrogen and oxygen atoms in total. The van der Waals surface area contributed by atoms with Crippen molar-refractivity contribution in [2.45, 2.75) is 30.0 Å². The van der Waals surface area contributed by atoms with Crippen molar-refractivity contribution >= 4 is 21.6 Å². The van der Waals surface area contributed by atoms with Gasteiger partial charge in [0.1, 0.15) is 4.90 Å². The molecule has 0 unspecified atom stereocenters. The van der Waals surface area contributed by atoms with Gasteiger partial charge in [-0.2, -0.15) is 4.31 Å². The summed E-state index contributed by atoms with van der Waals surface area (Å²) in [4.78, 5) is -0.620. The molecular weight excluding hydrogens is 296 g/mol. The average molecular weight is 310 g/mol. The summed E-state index contributed by atoms with van der Waals surface area (Å²) in [6, 6.07) is 2.02. The fourth-order valence-corrected chi connectivity index (χ4v) is 3.92. The molecule has 1 aromatic carbocycles. The standard InChI is InChI=1S/C12H14ClF2NO2S/c13-8-9-6-10(14)12(15)11(7-9)19(17,18)16-4-2-1-3-5-16/h6-7H,1-5,8H2.